The second-order valence-corrected chi connectivity index (χ2v) is 19.1. The van der Waals surface area contributed by atoms with E-state index in [1.807, 2.05) is 43.3 Å². The summed E-state index contributed by atoms with van der Waals surface area (Å²) in [5, 5.41) is 8.47. The van der Waals surface area contributed by atoms with Crippen LogP contribution in [0.1, 0.15) is 114 Å². The lowest BCUT2D eigenvalue weighted by atomic mass is 9.77. The van der Waals surface area contributed by atoms with E-state index in [1.54, 1.807) is 36.4 Å². The standard InChI is InChI=1S/C58H56N4O8S/c1-7-61(8-2)39-18-22-42-49(30-39)68-50-31-40(62(9-3)10-4)19-23-43(50)54(42)44-21-12-36(29-53(44)71)56(65)60-38-16-14-37(15-17-38)59-55(64)35-13-25-46-45(28-35)57(66)70-58(46)47-24-11-33(5)27-51(47)69-52-32-41(67-34(6)63)20-26-48(52)58/h11-13,18-32,37-38H,7-10,14-17H2,1-6H3,(H2,59,60,64,65)/p+1. The Bertz CT molecular complexity index is 3340. The van der Waals surface area contributed by atoms with Crippen LogP contribution in [0.25, 0.3) is 33.4 Å². The average Bonchev–Trinajstić information content (AvgIpc) is 3.65. The number of nitrogens with zero attached hydrogens (tertiary/aromatic N) is 2. The molecule has 1 spiro atoms. The van der Waals surface area contributed by atoms with Gasteiger partial charge >= 0.3 is 11.9 Å². The van der Waals surface area contributed by atoms with E-state index in [-0.39, 0.29) is 29.5 Å². The van der Waals surface area contributed by atoms with Crippen molar-refractivity contribution in [2.24, 2.45) is 0 Å². The minimum atomic E-state index is -1.35. The molecule has 0 bridgehead atoms. The van der Waals surface area contributed by atoms with E-state index in [2.05, 4.69) is 84.2 Å². The lowest BCUT2D eigenvalue weighted by Crippen LogP contribution is -2.43. The van der Waals surface area contributed by atoms with Gasteiger partial charge in [0.1, 0.15) is 41.7 Å². The first-order valence-electron chi connectivity index (χ1n) is 24.6. The van der Waals surface area contributed by atoms with Crippen molar-refractivity contribution in [1.29, 1.82) is 0 Å². The summed E-state index contributed by atoms with van der Waals surface area (Å²) in [6.07, 6.45) is 2.68. The second kappa shape index (κ2) is 19.1. The zero-order valence-electron chi connectivity index (χ0n) is 40.8. The number of carbonyl (C=O) groups excluding carboxylic acids is 4. The normalized spacial score (nSPS) is 17.7. The summed E-state index contributed by atoms with van der Waals surface area (Å²) in [7, 11) is 0. The molecule has 1 saturated carbocycles. The van der Waals surface area contributed by atoms with Gasteiger partial charge in [0.05, 0.1) is 11.6 Å². The quantitative estimate of drug-likeness (QED) is 0.0380. The van der Waals surface area contributed by atoms with E-state index in [0.717, 1.165) is 76.2 Å². The third kappa shape index (κ3) is 8.60. The molecule has 362 valence electrons. The highest BCUT2D eigenvalue weighted by molar-refractivity contribution is 7.80. The van der Waals surface area contributed by atoms with Crippen molar-refractivity contribution in [3.63, 3.8) is 0 Å². The lowest BCUT2D eigenvalue weighted by Gasteiger charge is -2.36. The van der Waals surface area contributed by atoms with E-state index in [9.17, 15) is 19.2 Å². The van der Waals surface area contributed by atoms with E-state index < -0.39 is 17.5 Å². The van der Waals surface area contributed by atoms with Gasteiger partial charge in [-0.05, 0) is 132 Å². The van der Waals surface area contributed by atoms with E-state index in [1.165, 1.54) is 6.92 Å². The first-order valence-corrected chi connectivity index (χ1v) is 25.0. The highest BCUT2D eigenvalue weighted by Gasteiger charge is 2.54. The van der Waals surface area contributed by atoms with Crippen molar-refractivity contribution in [2.75, 3.05) is 31.1 Å². The summed E-state index contributed by atoms with van der Waals surface area (Å²) in [6, 6.07) is 34.0. The van der Waals surface area contributed by atoms with Gasteiger partial charge in [-0.25, -0.2) is 9.37 Å². The molecule has 13 heteroatoms. The molecule has 71 heavy (non-hydrogen) atoms. The number of thiol groups is 1. The van der Waals surface area contributed by atoms with E-state index >= 15 is 0 Å². The number of nitrogens with one attached hydrogen (secondary N) is 2. The van der Waals surface area contributed by atoms with Gasteiger partial charge in [0.15, 0.2) is 5.60 Å². The first kappa shape index (κ1) is 47.3. The number of hydrogen-bond donors (Lipinski definition) is 3. The number of amides is 2. The minimum Gasteiger partial charge on any atom is -0.456 e. The maximum Gasteiger partial charge on any atom is 0.340 e. The maximum atomic E-state index is 13.8. The molecule has 5 aromatic rings. The zero-order chi connectivity index (χ0) is 49.7. The third-order valence-corrected chi connectivity index (χ3v) is 14.7. The summed E-state index contributed by atoms with van der Waals surface area (Å²) in [5.74, 6) is 0.451. The Morgan fingerprint density at radius 1 is 0.718 bits per heavy atom. The number of rotatable bonds is 11. The Labute approximate surface area is 418 Å². The Morgan fingerprint density at radius 3 is 2.01 bits per heavy atom. The van der Waals surface area contributed by atoms with Gasteiger partial charge in [-0.3, -0.25) is 14.4 Å². The molecular formula is C58H57N4O8S+. The summed E-state index contributed by atoms with van der Waals surface area (Å²) < 4.78 is 27.0. The number of benzene rings is 6. The predicted octanol–water partition coefficient (Wildman–Crippen LogP) is 10.4. The number of esters is 2. The molecule has 1 atom stereocenters. The Balaban J connectivity index is 0.836. The highest BCUT2D eigenvalue weighted by Crippen LogP contribution is 2.57. The first-order chi connectivity index (χ1) is 34.3. The molecule has 5 aliphatic rings. The van der Waals surface area contributed by atoms with Crippen LogP contribution in [0, 0.1) is 6.92 Å². The number of aryl methyl sites for hydroxylation is 1. The van der Waals surface area contributed by atoms with Crippen LogP contribution < -0.4 is 34.9 Å². The maximum absolute atomic E-state index is 13.8. The van der Waals surface area contributed by atoms with Crippen molar-refractivity contribution in [1.82, 2.24) is 15.2 Å². The largest absolute Gasteiger partial charge is 0.456 e. The molecule has 0 saturated heterocycles. The molecule has 2 N–H and O–H groups in total. The van der Waals surface area contributed by atoms with Gasteiger partial charge in [-0.1, -0.05) is 24.3 Å². The molecular weight excluding hydrogens is 913 g/mol. The monoisotopic (exact) mass is 969 g/mol. The molecule has 2 amide bonds. The predicted molar refractivity (Wildman–Crippen MR) is 277 cm³/mol. The van der Waals surface area contributed by atoms with Crippen LogP contribution in [0.3, 0.4) is 0 Å². The Morgan fingerprint density at radius 2 is 1.35 bits per heavy atom. The van der Waals surface area contributed by atoms with Crippen LogP contribution in [0.4, 0.5) is 5.69 Å². The summed E-state index contributed by atoms with van der Waals surface area (Å²) >= 11 is 5.01. The van der Waals surface area contributed by atoms with Gasteiger partial charge in [-0.15, -0.1) is 12.6 Å². The van der Waals surface area contributed by atoms with Crippen LogP contribution in [0.15, 0.2) is 119 Å². The van der Waals surface area contributed by atoms with Gasteiger partial charge in [-0.2, -0.15) is 0 Å². The number of anilines is 1. The molecule has 0 radical (unpaired) electrons. The van der Waals surface area contributed by atoms with Gasteiger partial charge < -0.3 is 34.2 Å². The van der Waals surface area contributed by atoms with Crippen molar-refractivity contribution >= 4 is 53.0 Å². The zero-order valence-corrected chi connectivity index (χ0v) is 41.7. The average molecular weight is 970 g/mol. The topological polar surface area (TPSA) is 139 Å². The second-order valence-electron chi connectivity index (χ2n) is 18.6. The van der Waals surface area contributed by atoms with Gasteiger partial charge in [0.25, 0.3) is 11.8 Å². The SMILES string of the molecule is CCN(CC)c1ccc2c(-c3ccc(C(=O)NC4CCC(NC(=O)c5ccc6c(c5)C(=O)OC65c6ccc(C)cc6Oc6cc(OC(C)=O)ccc65)CC4)cc3S)c3ccc(=[N+](CC)CC)cc-3oc2c1. The number of carbonyl (C=O) groups is 4. The fourth-order valence-corrected chi connectivity index (χ4v) is 11.0. The molecule has 1 unspecified atom stereocenters. The lowest BCUT2D eigenvalue weighted by molar-refractivity contribution is -0.131. The van der Waals surface area contributed by atoms with E-state index in [0.29, 0.717) is 75.6 Å². The molecule has 3 heterocycles. The Kier molecular flexibility index (Phi) is 12.7. The molecule has 1 fully saturated rings. The molecule has 2 aliphatic carbocycles. The molecule has 10 rings (SSSR count). The summed E-state index contributed by atoms with van der Waals surface area (Å²) in [4.78, 5) is 56.2. The number of fused-ring (bicyclic) bond motifs is 8. The van der Waals surface area contributed by atoms with Gasteiger partial charge in [0.2, 0.25) is 5.36 Å². The van der Waals surface area contributed by atoms with Crippen LogP contribution in [0.2, 0.25) is 0 Å². The van der Waals surface area contributed by atoms with Gasteiger partial charge in [0, 0.05) is 105 Å². The number of hydrogen-bond acceptors (Lipinski definition) is 10. The van der Waals surface area contributed by atoms with Crippen LogP contribution in [-0.4, -0.2) is 62.0 Å². The fourth-order valence-electron chi connectivity index (χ4n) is 10.7. The van der Waals surface area contributed by atoms with Crippen molar-refractivity contribution in [3.8, 4) is 39.7 Å². The number of ether oxygens (including phenoxy) is 3. The van der Waals surface area contributed by atoms with Crippen molar-refractivity contribution < 1.29 is 37.8 Å². The molecule has 0 aromatic heterocycles. The van der Waals surface area contributed by atoms with Crippen LogP contribution in [0.5, 0.6) is 17.2 Å². The van der Waals surface area contributed by atoms with Crippen LogP contribution in [-0.2, 0) is 15.1 Å². The summed E-state index contributed by atoms with van der Waals surface area (Å²) in [6.45, 7) is 15.4. The van der Waals surface area contributed by atoms with Crippen LogP contribution >= 0.6 is 12.6 Å². The molecule has 12 nitrogen and oxygen atoms in total. The third-order valence-electron chi connectivity index (χ3n) is 14.3. The fraction of sp³-hybridized carbons (Fsp3) is 0.293. The smallest absolute Gasteiger partial charge is 0.340 e. The molecule has 3 aliphatic heterocycles. The van der Waals surface area contributed by atoms with E-state index in [4.69, 9.17) is 31.3 Å². The highest BCUT2D eigenvalue weighted by atomic mass is 32.1. The van der Waals surface area contributed by atoms with Crippen molar-refractivity contribution in [3.05, 3.63) is 153 Å². The Hall–Kier alpha value is -7.38. The molecule has 5 aromatic carbocycles. The van der Waals surface area contributed by atoms with Crippen molar-refractivity contribution in [2.45, 2.75) is 89.8 Å². The minimum absolute atomic E-state index is 0.0765. The summed E-state index contributed by atoms with van der Waals surface area (Å²) in [5.41, 5.74) is 7.27.